The lowest BCUT2D eigenvalue weighted by Crippen LogP contribution is -2.33. The van der Waals surface area contributed by atoms with Crippen molar-refractivity contribution in [3.8, 4) is 0 Å². The first-order chi connectivity index (χ1) is 4.84. The first kappa shape index (κ1) is 8.02. The Hall–Kier alpha value is -0.0800. The summed E-state index contributed by atoms with van der Waals surface area (Å²) >= 11 is 0. The van der Waals surface area contributed by atoms with Gasteiger partial charge in [-0.15, -0.1) is 0 Å². The predicted octanol–water partition coefficient (Wildman–Crippen LogP) is 1.34. The van der Waals surface area contributed by atoms with Crippen molar-refractivity contribution in [2.75, 3.05) is 26.7 Å². The quantitative estimate of drug-likeness (QED) is 0.586. The molecule has 0 aliphatic carbocycles. The van der Waals surface area contributed by atoms with E-state index < -0.39 is 0 Å². The first-order valence-corrected chi connectivity index (χ1v) is 4.30. The fourth-order valence-electron chi connectivity index (χ4n) is 1.42. The molecule has 1 heterocycles. The maximum Gasteiger partial charge on any atom is 0.0145 e. The minimum atomic E-state index is 1.25. The van der Waals surface area contributed by atoms with Crippen LogP contribution in [0, 0.1) is 0 Å². The van der Waals surface area contributed by atoms with Gasteiger partial charge in [0.1, 0.15) is 0 Å². The Kier molecular flexibility index (Phi) is 3.16. The van der Waals surface area contributed by atoms with Crippen molar-refractivity contribution in [2.24, 2.45) is 0 Å². The number of nitrogens with zero attached hydrogens (tertiary/aromatic N) is 2. The molecule has 0 bridgehead atoms. The molecule has 1 aliphatic rings. The minimum absolute atomic E-state index is 1.25. The number of unbranched alkanes of at least 4 members (excludes halogenated alkanes) is 1. The van der Waals surface area contributed by atoms with Gasteiger partial charge in [-0.2, -0.15) is 0 Å². The van der Waals surface area contributed by atoms with Crippen LogP contribution in [0.3, 0.4) is 0 Å². The molecule has 1 rings (SSSR count). The zero-order chi connectivity index (χ0) is 7.40. The third kappa shape index (κ3) is 1.96. The molecule has 0 radical (unpaired) electrons. The Bertz CT molecular complexity index is 93.3. The standard InChI is InChI=1S/C8H18N2/c1-3-4-7-10-8-5-6-9(10)2/h3-8H2,1-2H3. The molecule has 10 heavy (non-hydrogen) atoms. The van der Waals surface area contributed by atoms with Crippen LogP contribution in [0.15, 0.2) is 0 Å². The average molecular weight is 142 g/mol. The fraction of sp³-hybridized carbons (Fsp3) is 1.00. The van der Waals surface area contributed by atoms with Gasteiger partial charge in [-0.3, -0.25) is 0 Å². The third-order valence-corrected chi connectivity index (χ3v) is 2.15. The fourth-order valence-corrected chi connectivity index (χ4v) is 1.42. The molecule has 0 unspecified atom stereocenters. The van der Waals surface area contributed by atoms with Crippen molar-refractivity contribution < 1.29 is 0 Å². The van der Waals surface area contributed by atoms with Gasteiger partial charge in [-0.1, -0.05) is 13.3 Å². The molecule has 0 aromatic rings. The minimum Gasteiger partial charge on any atom is -0.245 e. The molecule has 0 amide bonds. The molecule has 60 valence electrons. The van der Waals surface area contributed by atoms with E-state index in [1.165, 1.54) is 38.9 Å². The van der Waals surface area contributed by atoms with Gasteiger partial charge in [-0.05, 0) is 12.8 Å². The maximum atomic E-state index is 2.45. The van der Waals surface area contributed by atoms with Gasteiger partial charge in [-0.25, -0.2) is 10.0 Å². The zero-order valence-corrected chi connectivity index (χ0v) is 7.14. The lowest BCUT2D eigenvalue weighted by Gasteiger charge is -2.23. The topological polar surface area (TPSA) is 6.48 Å². The number of hydrazine groups is 1. The van der Waals surface area contributed by atoms with Gasteiger partial charge in [0, 0.05) is 26.7 Å². The number of hydrogen-bond acceptors (Lipinski definition) is 2. The van der Waals surface area contributed by atoms with Crippen LogP contribution >= 0.6 is 0 Å². The highest BCUT2D eigenvalue weighted by atomic mass is 15.6. The van der Waals surface area contributed by atoms with Gasteiger partial charge < -0.3 is 0 Å². The summed E-state index contributed by atoms with van der Waals surface area (Å²) in [5, 5.41) is 4.79. The summed E-state index contributed by atoms with van der Waals surface area (Å²) in [5.74, 6) is 0. The van der Waals surface area contributed by atoms with Crippen molar-refractivity contribution in [3.63, 3.8) is 0 Å². The molecule has 0 atom stereocenters. The zero-order valence-electron chi connectivity index (χ0n) is 7.14. The molecule has 0 aromatic heterocycles. The van der Waals surface area contributed by atoms with Crippen molar-refractivity contribution in [1.29, 1.82) is 0 Å². The second-order valence-corrected chi connectivity index (χ2v) is 3.04. The molecule has 1 aliphatic heterocycles. The molecule has 0 saturated carbocycles. The summed E-state index contributed by atoms with van der Waals surface area (Å²) in [6, 6.07) is 0. The first-order valence-electron chi connectivity index (χ1n) is 4.30. The summed E-state index contributed by atoms with van der Waals surface area (Å²) in [5.41, 5.74) is 0. The monoisotopic (exact) mass is 142 g/mol. The summed E-state index contributed by atoms with van der Waals surface area (Å²) in [4.78, 5) is 0. The lowest BCUT2D eigenvalue weighted by atomic mass is 10.3. The largest absolute Gasteiger partial charge is 0.245 e. The summed E-state index contributed by atoms with van der Waals surface area (Å²) in [6.07, 6.45) is 3.99. The highest BCUT2D eigenvalue weighted by Crippen LogP contribution is 2.07. The molecular formula is C8H18N2. The van der Waals surface area contributed by atoms with E-state index >= 15 is 0 Å². The Labute approximate surface area is 63.8 Å². The second kappa shape index (κ2) is 3.94. The van der Waals surface area contributed by atoms with Crippen LogP contribution in [0.5, 0.6) is 0 Å². The maximum absolute atomic E-state index is 2.45. The molecule has 1 fully saturated rings. The summed E-state index contributed by atoms with van der Waals surface area (Å²) in [6.45, 7) is 6.03. The van der Waals surface area contributed by atoms with Crippen LogP contribution in [0.1, 0.15) is 26.2 Å². The van der Waals surface area contributed by atoms with Crippen LogP contribution in [0.2, 0.25) is 0 Å². The molecule has 0 spiro atoms. The van der Waals surface area contributed by atoms with Crippen LogP contribution in [-0.2, 0) is 0 Å². The highest BCUT2D eigenvalue weighted by Gasteiger charge is 2.15. The molecule has 2 nitrogen and oxygen atoms in total. The van der Waals surface area contributed by atoms with E-state index in [9.17, 15) is 0 Å². The molecular weight excluding hydrogens is 124 g/mol. The number of hydrogen-bond donors (Lipinski definition) is 0. The van der Waals surface area contributed by atoms with Crippen molar-refractivity contribution in [2.45, 2.75) is 26.2 Å². The van der Waals surface area contributed by atoms with Crippen LogP contribution < -0.4 is 0 Å². The van der Waals surface area contributed by atoms with Gasteiger partial charge in [0.05, 0.1) is 0 Å². The smallest absolute Gasteiger partial charge is 0.0145 e. The van der Waals surface area contributed by atoms with Gasteiger partial charge >= 0.3 is 0 Å². The molecule has 2 heteroatoms. The summed E-state index contributed by atoms with van der Waals surface area (Å²) < 4.78 is 0. The molecule has 1 saturated heterocycles. The second-order valence-electron chi connectivity index (χ2n) is 3.04. The van der Waals surface area contributed by atoms with Gasteiger partial charge in [0.25, 0.3) is 0 Å². The van der Waals surface area contributed by atoms with Crippen molar-refractivity contribution in [3.05, 3.63) is 0 Å². The van der Waals surface area contributed by atoms with Crippen LogP contribution in [0.4, 0.5) is 0 Å². The molecule has 0 aromatic carbocycles. The highest BCUT2D eigenvalue weighted by molar-refractivity contribution is 4.62. The van der Waals surface area contributed by atoms with Gasteiger partial charge in [0.2, 0.25) is 0 Å². The normalized spacial score (nSPS) is 22.2. The Balaban J connectivity index is 2.14. The van der Waals surface area contributed by atoms with E-state index in [1.807, 2.05) is 0 Å². The van der Waals surface area contributed by atoms with E-state index in [0.717, 1.165) is 0 Å². The van der Waals surface area contributed by atoms with Crippen molar-refractivity contribution >= 4 is 0 Å². The number of rotatable bonds is 3. The van der Waals surface area contributed by atoms with E-state index in [1.54, 1.807) is 0 Å². The summed E-state index contributed by atoms with van der Waals surface area (Å²) in [7, 11) is 2.18. The van der Waals surface area contributed by atoms with E-state index in [2.05, 4.69) is 24.0 Å². The molecule has 0 N–H and O–H groups in total. The van der Waals surface area contributed by atoms with E-state index in [0.29, 0.717) is 0 Å². The predicted molar refractivity (Wildman–Crippen MR) is 43.7 cm³/mol. The van der Waals surface area contributed by atoms with Crippen molar-refractivity contribution in [1.82, 2.24) is 10.0 Å². The van der Waals surface area contributed by atoms with Crippen LogP contribution in [0.25, 0.3) is 0 Å². The Morgan fingerprint density at radius 2 is 2.10 bits per heavy atom. The lowest BCUT2D eigenvalue weighted by molar-refractivity contribution is 0.0548. The Morgan fingerprint density at radius 1 is 1.30 bits per heavy atom. The third-order valence-electron chi connectivity index (χ3n) is 2.15. The van der Waals surface area contributed by atoms with Gasteiger partial charge in [0.15, 0.2) is 0 Å². The van der Waals surface area contributed by atoms with Crippen LogP contribution in [-0.4, -0.2) is 36.7 Å². The van der Waals surface area contributed by atoms with E-state index in [4.69, 9.17) is 0 Å². The SMILES string of the molecule is CCCCN1CCCN1C. The van der Waals surface area contributed by atoms with E-state index in [-0.39, 0.29) is 0 Å². The average Bonchev–Trinajstić information content (AvgIpc) is 2.31. The Morgan fingerprint density at radius 3 is 2.60 bits per heavy atom.